The summed E-state index contributed by atoms with van der Waals surface area (Å²) >= 11 is 0. The van der Waals surface area contributed by atoms with E-state index in [0.717, 1.165) is 6.39 Å². The van der Waals surface area contributed by atoms with Crippen LogP contribution in [-0.2, 0) is 15.6 Å². The van der Waals surface area contributed by atoms with Crippen molar-refractivity contribution >= 4 is 15.8 Å². The van der Waals surface area contributed by atoms with Gasteiger partial charge in [0, 0.05) is 0 Å². The van der Waals surface area contributed by atoms with E-state index in [9.17, 15) is 22.0 Å². The van der Waals surface area contributed by atoms with E-state index in [1.54, 1.807) is 0 Å². The minimum Gasteiger partial charge on any atom is -0.477 e. The Kier molecular flexibility index (Phi) is 3.49. The molecule has 0 bridgehead atoms. The first-order valence-corrected chi connectivity index (χ1v) is 6.67. The molecular weight excluding hydrogens is 298 g/mol. The average molecular weight is 304 g/mol. The van der Waals surface area contributed by atoms with Crippen molar-refractivity contribution in [2.75, 3.05) is 0 Å². The number of hydrogen-bond donors (Lipinski definition) is 1. The molecule has 1 aromatic carbocycles. The molecule has 20 heavy (non-hydrogen) atoms. The second-order valence-corrected chi connectivity index (χ2v) is 5.60. The summed E-state index contributed by atoms with van der Waals surface area (Å²) in [5.41, 5.74) is -1.33. The summed E-state index contributed by atoms with van der Waals surface area (Å²) in [6, 6.07) is 1.21. The van der Waals surface area contributed by atoms with Crippen LogP contribution in [0.3, 0.4) is 0 Å². The van der Waals surface area contributed by atoms with Gasteiger partial charge in [0.15, 0.2) is 21.5 Å². The fraction of sp³-hybridized carbons (Fsp3) is 0.100. The van der Waals surface area contributed by atoms with Crippen LogP contribution in [0.15, 0.2) is 27.9 Å². The Labute approximate surface area is 110 Å². The van der Waals surface area contributed by atoms with E-state index >= 15 is 0 Å². The third-order valence-electron chi connectivity index (χ3n) is 2.33. The molecule has 7 nitrogen and oxygen atoms in total. The van der Waals surface area contributed by atoms with Gasteiger partial charge in [0.25, 0.3) is 0 Å². The molecule has 10 heteroatoms. The highest BCUT2D eigenvalue weighted by molar-refractivity contribution is 7.90. The minimum absolute atomic E-state index is 0.231. The van der Waals surface area contributed by atoms with Gasteiger partial charge in [-0.2, -0.15) is 4.98 Å². The Hall–Kier alpha value is -2.36. The summed E-state index contributed by atoms with van der Waals surface area (Å²) in [6.07, 6.45) is 0.883. The number of carbonyl (C=O) groups is 1. The normalized spacial score (nSPS) is 11.5. The van der Waals surface area contributed by atoms with Crippen LogP contribution in [0.2, 0.25) is 0 Å². The van der Waals surface area contributed by atoms with Crippen LogP contribution in [0.4, 0.5) is 8.78 Å². The van der Waals surface area contributed by atoms with Crippen LogP contribution in [0.25, 0.3) is 0 Å². The predicted octanol–water partition coefficient (Wildman–Crippen LogP) is 1.02. The van der Waals surface area contributed by atoms with Gasteiger partial charge >= 0.3 is 5.97 Å². The van der Waals surface area contributed by atoms with Crippen LogP contribution in [0.1, 0.15) is 16.2 Å². The first-order valence-electron chi connectivity index (χ1n) is 5.02. The van der Waals surface area contributed by atoms with Crippen molar-refractivity contribution in [1.29, 1.82) is 0 Å². The maximum atomic E-state index is 13.8. The van der Waals surface area contributed by atoms with E-state index in [-0.39, 0.29) is 5.82 Å². The standard InChI is InChI=1S/C10H6F2N2O5S/c11-5-1-2-6(9(12)8(5)10(15)16)20(17,18)3-7-13-4-19-14-7/h1-2,4H,3H2,(H,15,16). The van der Waals surface area contributed by atoms with Crippen molar-refractivity contribution in [1.82, 2.24) is 10.1 Å². The predicted molar refractivity (Wildman–Crippen MR) is 58.5 cm³/mol. The van der Waals surface area contributed by atoms with E-state index < -0.39 is 43.7 Å². The molecule has 0 saturated carbocycles. The highest BCUT2D eigenvalue weighted by atomic mass is 32.2. The average Bonchev–Trinajstić information content (AvgIpc) is 2.79. The molecule has 106 valence electrons. The van der Waals surface area contributed by atoms with Crippen molar-refractivity contribution in [2.45, 2.75) is 10.6 Å². The maximum absolute atomic E-state index is 13.8. The van der Waals surface area contributed by atoms with Gasteiger partial charge in [0.1, 0.15) is 22.0 Å². The number of carboxylic acid groups (broad SMARTS) is 1. The number of rotatable bonds is 4. The summed E-state index contributed by atoms with van der Waals surface area (Å²) in [4.78, 5) is 13.2. The lowest BCUT2D eigenvalue weighted by Gasteiger charge is -2.06. The number of aromatic nitrogens is 2. The van der Waals surface area contributed by atoms with Gasteiger partial charge < -0.3 is 9.63 Å². The van der Waals surface area contributed by atoms with E-state index in [4.69, 9.17) is 5.11 Å². The highest BCUT2D eigenvalue weighted by Gasteiger charge is 2.28. The molecule has 0 aliphatic rings. The zero-order chi connectivity index (χ0) is 14.9. The Morgan fingerprint density at radius 2 is 2.05 bits per heavy atom. The first-order chi connectivity index (χ1) is 9.33. The summed E-state index contributed by atoms with van der Waals surface area (Å²) in [5, 5.41) is 11.9. The highest BCUT2D eigenvalue weighted by Crippen LogP contribution is 2.23. The van der Waals surface area contributed by atoms with E-state index in [2.05, 4.69) is 14.7 Å². The molecule has 0 fully saturated rings. The van der Waals surface area contributed by atoms with Gasteiger partial charge in [-0.3, -0.25) is 0 Å². The van der Waals surface area contributed by atoms with Crippen LogP contribution in [0.5, 0.6) is 0 Å². The number of benzene rings is 1. The van der Waals surface area contributed by atoms with Crippen molar-refractivity contribution in [3.8, 4) is 0 Å². The van der Waals surface area contributed by atoms with Gasteiger partial charge in [-0.05, 0) is 12.1 Å². The van der Waals surface area contributed by atoms with Gasteiger partial charge in [-0.1, -0.05) is 5.16 Å². The van der Waals surface area contributed by atoms with Crippen molar-refractivity contribution in [2.24, 2.45) is 0 Å². The lowest BCUT2D eigenvalue weighted by molar-refractivity contribution is 0.0685. The Bertz CT molecular complexity index is 758. The monoisotopic (exact) mass is 304 g/mol. The van der Waals surface area contributed by atoms with Crippen LogP contribution < -0.4 is 0 Å². The Morgan fingerprint density at radius 3 is 2.60 bits per heavy atom. The summed E-state index contributed by atoms with van der Waals surface area (Å²) < 4.78 is 55.2. The fourth-order valence-electron chi connectivity index (χ4n) is 1.47. The SMILES string of the molecule is O=C(O)c1c(F)ccc(S(=O)(=O)Cc2ncon2)c1F. The van der Waals surface area contributed by atoms with Crippen LogP contribution in [-0.4, -0.2) is 29.6 Å². The number of halogens is 2. The molecule has 0 spiro atoms. The van der Waals surface area contributed by atoms with E-state index in [1.165, 1.54) is 0 Å². The molecule has 1 heterocycles. The Morgan fingerprint density at radius 1 is 1.35 bits per heavy atom. The lowest BCUT2D eigenvalue weighted by Crippen LogP contribution is -2.13. The van der Waals surface area contributed by atoms with Crippen LogP contribution in [0, 0.1) is 11.6 Å². The van der Waals surface area contributed by atoms with E-state index in [0.29, 0.717) is 12.1 Å². The van der Waals surface area contributed by atoms with Crippen molar-refractivity contribution in [3.63, 3.8) is 0 Å². The largest absolute Gasteiger partial charge is 0.477 e. The summed E-state index contributed by atoms with van der Waals surface area (Å²) in [5.74, 6) is -5.97. The molecule has 1 N–H and O–H groups in total. The molecule has 0 radical (unpaired) electrons. The number of sulfone groups is 1. The first kappa shape index (κ1) is 14.1. The van der Waals surface area contributed by atoms with Gasteiger partial charge in [-0.25, -0.2) is 22.0 Å². The summed E-state index contributed by atoms with van der Waals surface area (Å²) in [7, 11) is -4.28. The third-order valence-corrected chi connectivity index (χ3v) is 3.95. The Balaban J connectivity index is 2.53. The van der Waals surface area contributed by atoms with Gasteiger partial charge in [-0.15, -0.1) is 0 Å². The quantitative estimate of drug-likeness (QED) is 0.839. The smallest absolute Gasteiger partial charge is 0.341 e. The molecule has 1 aromatic heterocycles. The van der Waals surface area contributed by atoms with Crippen molar-refractivity contribution < 1.29 is 31.6 Å². The molecule has 2 aromatic rings. The summed E-state index contributed by atoms with van der Waals surface area (Å²) in [6.45, 7) is 0. The van der Waals surface area contributed by atoms with Crippen molar-refractivity contribution in [3.05, 3.63) is 41.5 Å². The number of carboxylic acids is 1. The third kappa shape index (κ3) is 2.50. The second-order valence-electron chi connectivity index (χ2n) is 3.65. The number of nitrogens with zero attached hydrogens (tertiary/aromatic N) is 2. The molecule has 0 aliphatic carbocycles. The molecule has 0 saturated heterocycles. The number of hydrogen-bond acceptors (Lipinski definition) is 6. The maximum Gasteiger partial charge on any atom is 0.341 e. The molecule has 0 amide bonds. The molecule has 0 atom stereocenters. The lowest BCUT2D eigenvalue weighted by atomic mass is 10.2. The minimum atomic E-state index is -4.28. The molecule has 0 unspecified atom stereocenters. The zero-order valence-corrected chi connectivity index (χ0v) is 10.4. The molecular formula is C10H6F2N2O5S. The topological polar surface area (TPSA) is 110 Å². The zero-order valence-electron chi connectivity index (χ0n) is 9.58. The molecule has 2 rings (SSSR count). The molecule has 0 aliphatic heterocycles. The van der Waals surface area contributed by atoms with Crippen LogP contribution >= 0.6 is 0 Å². The fourth-order valence-corrected chi connectivity index (χ4v) is 2.75. The second kappa shape index (κ2) is 4.96. The van der Waals surface area contributed by atoms with E-state index in [1.807, 2.05) is 0 Å². The van der Waals surface area contributed by atoms with Gasteiger partial charge in [0.05, 0.1) is 0 Å². The number of aromatic carboxylic acids is 1. The van der Waals surface area contributed by atoms with Gasteiger partial charge in [0.2, 0.25) is 6.39 Å².